The van der Waals surface area contributed by atoms with Gasteiger partial charge in [-0.3, -0.25) is 9.00 Å². The van der Waals surface area contributed by atoms with Crippen LogP contribution in [0.1, 0.15) is 30.0 Å². The van der Waals surface area contributed by atoms with E-state index in [0.29, 0.717) is 26.2 Å². The molecule has 1 aliphatic heterocycles. The van der Waals surface area contributed by atoms with Crippen molar-refractivity contribution >= 4 is 45.5 Å². The number of piperazine rings is 1. The van der Waals surface area contributed by atoms with Gasteiger partial charge < -0.3 is 14.6 Å². The fraction of sp³-hybridized carbons (Fsp3) is 0.242. The van der Waals surface area contributed by atoms with Crippen LogP contribution in [0.5, 0.6) is 0 Å². The Balaban J connectivity index is 1.22. The molecular formula is C33H32N3O4S2-. The van der Waals surface area contributed by atoms with Crippen LogP contribution in [0.25, 0.3) is 10.8 Å². The van der Waals surface area contributed by atoms with Crippen molar-refractivity contribution < 1.29 is 18.7 Å². The molecule has 1 fully saturated rings. The van der Waals surface area contributed by atoms with Crippen LogP contribution in [0.4, 0.5) is 5.69 Å². The van der Waals surface area contributed by atoms with E-state index in [4.69, 9.17) is 5.11 Å². The zero-order chi connectivity index (χ0) is 29.5. The van der Waals surface area contributed by atoms with Gasteiger partial charge in [0.25, 0.3) is 0 Å². The molecule has 42 heavy (non-hydrogen) atoms. The van der Waals surface area contributed by atoms with E-state index < -0.39 is 23.3 Å². The summed E-state index contributed by atoms with van der Waals surface area (Å²) < 4.78 is 24.8. The van der Waals surface area contributed by atoms with E-state index in [0.717, 1.165) is 27.0 Å². The number of aliphatic carboxylic acids is 1. The van der Waals surface area contributed by atoms with Crippen LogP contribution in [0.3, 0.4) is 0 Å². The number of hydrazine groups is 1. The van der Waals surface area contributed by atoms with Crippen molar-refractivity contribution in [1.29, 1.82) is 0 Å². The largest absolute Gasteiger partial charge is 0.759 e. The zero-order valence-electron chi connectivity index (χ0n) is 23.3. The van der Waals surface area contributed by atoms with Gasteiger partial charge in [0, 0.05) is 70.9 Å². The van der Waals surface area contributed by atoms with Gasteiger partial charge >= 0.3 is 5.97 Å². The minimum Gasteiger partial charge on any atom is -0.759 e. The van der Waals surface area contributed by atoms with Crippen molar-refractivity contribution in [3.8, 4) is 11.8 Å². The van der Waals surface area contributed by atoms with Gasteiger partial charge in [0.1, 0.15) is 0 Å². The van der Waals surface area contributed by atoms with E-state index in [9.17, 15) is 13.6 Å². The molecule has 1 N–H and O–H groups in total. The van der Waals surface area contributed by atoms with E-state index in [1.165, 1.54) is 21.2 Å². The third kappa shape index (κ3) is 7.59. The molecule has 4 aromatic carbocycles. The number of rotatable bonds is 9. The molecule has 0 bridgehead atoms. The molecule has 216 valence electrons. The number of benzene rings is 4. The molecule has 9 heteroatoms. The number of carboxylic acid groups (broad SMARTS) is 1. The average molecular weight is 599 g/mol. The second kappa shape index (κ2) is 14.0. The van der Waals surface area contributed by atoms with Gasteiger partial charge in [0.15, 0.2) is 0 Å². The lowest BCUT2D eigenvalue weighted by molar-refractivity contribution is -0.139. The minimum atomic E-state index is -2.53. The molecule has 2 atom stereocenters. The Morgan fingerprint density at radius 2 is 1.64 bits per heavy atom. The lowest BCUT2D eigenvalue weighted by atomic mass is 10.1. The number of carbonyl (C=O) groups is 1. The predicted molar refractivity (Wildman–Crippen MR) is 169 cm³/mol. The van der Waals surface area contributed by atoms with Crippen molar-refractivity contribution in [1.82, 2.24) is 9.42 Å². The molecule has 2 unspecified atom stereocenters. The first-order chi connectivity index (χ1) is 20.4. The van der Waals surface area contributed by atoms with Gasteiger partial charge in [-0.15, -0.1) is 11.8 Å². The molecule has 1 heterocycles. The highest BCUT2D eigenvalue weighted by molar-refractivity contribution is 7.98. The lowest BCUT2D eigenvalue weighted by Gasteiger charge is -2.44. The number of hydrogen-bond acceptors (Lipinski definition) is 6. The number of hydrogen-bond donors (Lipinski definition) is 1. The molecule has 0 amide bonds. The highest BCUT2D eigenvalue weighted by Gasteiger charge is 2.28. The molecule has 0 aliphatic carbocycles. The fourth-order valence-corrected chi connectivity index (χ4v) is 6.83. The van der Waals surface area contributed by atoms with E-state index in [1.54, 1.807) is 11.9 Å². The highest BCUT2D eigenvalue weighted by Crippen LogP contribution is 2.31. The summed E-state index contributed by atoms with van der Waals surface area (Å²) in [6.45, 7) is 3.82. The Morgan fingerprint density at radius 3 is 2.33 bits per heavy atom. The topological polar surface area (TPSA) is 87.2 Å². The standard InChI is InChI=1S/C33H33N3O4S2/c1-25(22-33(37)38)36(42(39)40)35-20-18-34(19-21-35)30-16-13-26(14-17-30)10-11-27-12-15-29-8-5-9-32(31(29)23-27)41-24-28-6-3-2-4-7-28/h2-9,12-17,23,25H,18-22,24H2,1H3,(H,37,38)(H,39,40)/p-1. The van der Waals surface area contributed by atoms with Crippen LogP contribution in [0.2, 0.25) is 0 Å². The minimum absolute atomic E-state index is 0.246. The molecular weight excluding hydrogens is 567 g/mol. The maximum atomic E-state index is 11.8. The van der Waals surface area contributed by atoms with Gasteiger partial charge in [-0.05, 0) is 65.7 Å². The summed E-state index contributed by atoms with van der Waals surface area (Å²) in [5, 5.41) is 13.2. The smallest absolute Gasteiger partial charge is 0.305 e. The summed E-state index contributed by atoms with van der Waals surface area (Å²) in [4.78, 5) is 14.5. The van der Waals surface area contributed by atoms with E-state index in [-0.39, 0.29) is 6.42 Å². The third-order valence-electron chi connectivity index (χ3n) is 7.20. The van der Waals surface area contributed by atoms with Crippen LogP contribution in [-0.2, 0) is 21.8 Å². The lowest BCUT2D eigenvalue weighted by Crippen LogP contribution is -2.57. The van der Waals surface area contributed by atoms with Gasteiger partial charge in [-0.25, -0.2) is 5.01 Å². The summed E-state index contributed by atoms with van der Waals surface area (Å²) >= 11 is -0.697. The summed E-state index contributed by atoms with van der Waals surface area (Å²) in [7, 11) is 0. The molecule has 5 rings (SSSR count). The Morgan fingerprint density at radius 1 is 0.952 bits per heavy atom. The molecule has 1 aliphatic rings. The second-order valence-electron chi connectivity index (χ2n) is 10.2. The number of carboxylic acids is 1. The Labute approximate surface area is 253 Å². The Bertz CT molecular complexity index is 1610. The monoisotopic (exact) mass is 598 g/mol. The molecule has 1 saturated heterocycles. The number of fused-ring (bicyclic) bond motifs is 1. The maximum Gasteiger partial charge on any atom is 0.305 e. The van der Waals surface area contributed by atoms with E-state index >= 15 is 0 Å². The molecule has 0 aromatic heterocycles. The summed E-state index contributed by atoms with van der Waals surface area (Å²) in [6.07, 6.45) is -0.246. The van der Waals surface area contributed by atoms with Crippen LogP contribution < -0.4 is 4.90 Å². The van der Waals surface area contributed by atoms with Crippen LogP contribution in [0, 0.1) is 11.8 Å². The SMILES string of the molecule is CC(CC(=O)O)N(N1CCN(c2ccc(C#Cc3ccc4cccc(SCc5ccccc5)c4c3)cc2)CC1)S(=O)[O-]. The van der Waals surface area contributed by atoms with Crippen molar-refractivity contribution in [2.45, 2.75) is 30.0 Å². The molecule has 4 aromatic rings. The van der Waals surface area contributed by atoms with Crippen molar-refractivity contribution in [3.05, 3.63) is 108 Å². The van der Waals surface area contributed by atoms with Crippen molar-refractivity contribution in [2.24, 2.45) is 0 Å². The predicted octanol–water partition coefficient (Wildman–Crippen LogP) is 5.53. The van der Waals surface area contributed by atoms with E-state index in [2.05, 4.69) is 77.4 Å². The van der Waals surface area contributed by atoms with Crippen LogP contribution >= 0.6 is 11.8 Å². The first-order valence-electron chi connectivity index (χ1n) is 13.8. The van der Waals surface area contributed by atoms with Gasteiger partial charge in [0.2, 0.25) is 0 Å². The zero-order valence-corrected chi connectivity index (χ0v) is 24.9. The normalized spacial score (nSPS) is 15.3. The second-order valence-corrected chi connectivity index (χ2v) is 12.0. The Hall–Kier alpha value is -3.65. The molecule has 0 radical (unpaired) electrons. The van der Waals surface area contributed by atoms with Gasteiger partial charge in [0.05, 0.1) is 6.42 Å². The molecule has 0 saturated carbocycles. The van der Waals surface area contributed by atoms with Crippen LogP contribution in [-0.4, -0.2) is 61.5 Å². The first kappa shape index (κ1) is 29.8. The first-order valence-corrected chi connectivity index (χ1v) is 15.8. The summed E-state index contributed by atoms with van der Waals surface area (Å²) in [5.41, 5.74) is 4.22. The van der Waals surface area contributed by atoms with Crippen molar-refractivity contribution in [2.75, 3.05) is 31.1 Å². The molecule has 0 spiro atoms. The highest BCUT2D eigenvalue weighted by atomic mass is 32.2. The van der Waals surface area contributed by atoms with Gasteiger partial charge in [-0.2, -0.15) is 4.41 Å². The van der Waals surface area contributed by atoms with Crippen LogP contribution in [0.15, 0.2) is 95.9 Å². The average Bonchev–Trinajstić information content (AvgIpc) is 2.99. The Kier molecular flexibility index (Phi) is 9.95. The number of thioether (sulfide) groups is 1. The quantitative estimate of drug-likeness (QED) is 0.154. The maximum absolute atomic E-state index is 11.8. The van der Waals surface area contributed by atoms with E-state index in [1.807, 2.05) is 42.1 Å². The summed E-state index contributed by atoms with van der Waals surface area (Å²) in [6, 6.07) is 30.7. The van der Waals surface area contributed by atoms with Crippen molar-refractivity contribution in [3.63, 3.8) is 0 Å². The van der Waals surface area contributed by atoms with Gasteiger partial charge in [-0.1, -0.05) is 60.4 Å². The number of anilines is 1. The number of nitrogens with zero attached hydrogens (tertiary/aromatic N) is 3. The summed E-state index contributed by atoms with van der Waals surface area (Å²) in [5.74, 6) is 6.50. The molecule has 7 nitrogen and oxygen atoms in total. The fourth-order valence-electron chi connectivity index (χ4n) is 5.08. The third-order valence-corrected chi connectivity index (χ3v) is 9.24.